The Balaban J connectivity index is 1.36. The van der Waals surface area contributed by atoms with Gasteiger partial charge in [0, 0.05) is 38.4 Å². The van der Waals surface area contributed by atoms with Crippen LogP contribution in [-0.2, 0) is 11.8 Å². The summed E-state index contributed by atoms with van der Waals surface area (Å²) in [4.78, 5) is 29.8. The van der Waals surface area contributed by atoms with Crippen LogP contribution in [0.5, 0.6) is 5.75 Å². The number of aryl methyl sites for hydroxylation is 3. The van der Waals surface area contributed by atoms with Gasteiger partial charge in [-0.2, -0.15) is 5.10 Å². The Hall–Kier alpha value is -3.66. The van der Waals surface area contributed by atoms with Gasteiger partial charge in [-0.1, -0.05) is 11.2 Å². The lowest BCUT2D eigenvalue weighted by Gasteiger charge is -2.40. The van der Waals surface area contributed by atoms with Gasteiger partial charge in [0.05, 0.1) is 30.2 Å². The molecule has 2 aliphatic heterocycles. The molecule has 0 bridgehead atoms. The van der Waals surface area contributed by atoms with Crippen LogP contribution < -0.4 is 10.1 Å². The molecule has 172 valence electrons. The van der Waals surface area contributed by atoms with E-state index in [2.05, 4.69) is 20.5 Å². The Labute approximate surface area is 191 Å². The summed E-state index contributed by atoms with van der Waals surface area (Å²) in [5.41, 5.74) is 3.63. The van der Waals surface area contributed by atoms with Crippen molar-refractivity contribution in [2.45, 2.75) is 19.9 Å². The zero-order valence-electron chi connectivity index (χ0n) is 18.9. The first kappa shape index (κ1) is 21.2. The Morgan fingerprint density at radius 1 is 1.21 bits per heavy atom. The van der Waals surface area contributed by atoms with Crippen LogP contribution in [0.15, 0.2) is 35.1 Å². The molecule has 1 N–H and O–H groups in total. The molecule has 2 aromatic heterocycles. The van der Waals surface area contributed by atoms with Crippen LogP contribution in [0, 0.1) is 13.8 Å². The van der Waals surface area contributed by atoms with Crippen LogP contribution in [0.2, 0.25) is 0 Å². The van der Waals surface area contributed by atoms with Crippen molar-refractivity contribution >= 4 is 17.5 Å². The Bertz CT molecular complexity index is 1200. The van der Waals surface area contributed by atoms with E-state index in [1.54, 1.807) is 29.6 Å². The van der Waals surface area contributed by atoms with E-state index in [1.165, 1.54) is 0 Å². The number of ether oxygens (including phenoxy) is 1. The Kier molecular flexibility index (Phi) is 5.37. The molecule has 0 spiro atoms. The second-order valence-electron chi connectivity index (χ2n) is 8.55. The van der Waals surface area contributed by atoms with Crippen LogP contribution in [0.1, 0.15) is 21.8 Å². The van der Waals surface area contributed by atoms with E-state index < -0.39 is 0 Å². The van der Waals surface area contributed by atoms with Crippen LogP contribution >= 0.6 is 0 Å². The van der Waals surface area contributed by atoms with Crippen LogP contribution in [0.25, 0.3) is 11.1 Å². The summed E-state index contributed by atoms with van der Waals surface area (Å²) in [6.07, 6.45) is 3.70. The average Bonchev–Trinajstić information content (AvgIpc) is 3.38. The summed E-state index contributed by atoms with van der Waals surface area (Å²) in [5.74, 6) is 0.910. The lowest BCUT2D eigenvalue weighted by atomic mass is 10.1. The van der Waals surface area contributed by atoms with E-state index >= 15 is 0 Å². The minimum Gasteiger partial charge on any atom is -0.490 e. The average molecular weight is 450 g/mol. The third-order valence-corrected chi connectivity index (χ3v) is 6.21. The predicted octanol–water partition coefficient (Wildman–Crippen LogP) is 1.85. The number of piperazine rings is 1. The molecule has 33 heavy (non-hydrogen) atoms. The maximum Gasteiger partial charge on any atom is 0.259 e. The molecule has 3 aromatic rings. The monoisotopic (exact) mass is 450 g/mol. The molecular weight excluding hydrogens is 424 g/mol. The van der Waals surface area contributed by atoms with Crippen molar-refractivity contribution in [2.24, 2.45) is 7.05 Å². The van der Waals surface area contributed by atoms with E-state index in [0.29, 0.717) is 54.7 Å². The zero-order chi connectivity index (χ0) is 23.1. The molecule has 4 heterocycles. The zero-order valence-corrected chi connectivity index (χ0v) is 18.9. The van der Waals surface area contributed by atoms with Gasteiger partial charge in [0.1, 0.15) is 23.7 Å². The molecule has 1 atom stereocenters. The number of rotatable bonds is 2. The topological polar surface area (TPSA) is 106 Å². The number of anilines is 1. The lowest BCUT2D eigenvalue weighted by molar-refractivity contribution is -0.118. The molecule has 0 saturated carbocycles. The number of hydrogen-bond donors (Lipinski definition) is 1. The first-order valence-corrected chi connectivity index (χ1v) is 10.9. The standard InChI is InChI=1S/C23H26N6O4/c1-14-22(15(2)33-26-14)23(31)29-7-6-28-12-21(30)25-19-8-16(17-9-24-27(3)10-17)4-5-20(19)32-13-18(28)11-29/h4-5,8-10,18H,6-7,11-13H2,1-3H3,(H,25,30)/t18-/m0/s1. The SMILES string of the molecule is Cc1noc(C)c1C(=O)N1CCN2CC(=O)Nc3cc(-c4cnn(C)c4)ccc3OC[C@@H]2C1. The molecule has 5 rings (SSSR count). The number of nitrogens with one attached hydrogen (secondary N) is 1. The summed E-state index contributed by atoms with van der Waals surface area (Å²) < 4.78 is 13.1. The fourth-order valence-corrected chi connectivity index (χ4v) is 4.45. The van der Waals surface area contributed by atoms with Gasteiger partial charge in [-0.15, -0.1) is 0 Å². The van der Waals surface area contributed by atoms with Gasteiger partial charge in [0.2, 0.25) is 5.91 Å². The summed E-state index contributed by atoms with van der Waals surface area (Å²) in [5, 5.41) is 11.1. The fourth-order valence-electron chi connectivity index (χ4n) is 4.45. The third-order valence-electron chi connectivity index (χ3n) is 6.21. The molecule has 0 radical (unpaired) electrons. The highest BCUT2D eigenvalue weighted by Crippen LogP contribution is 2.32. The molecule has 0 aliphatic carbocycles. The number of amides is 2. The number of aromatic nitrogens is 3. The quantitative estimate of drug-likeness (QED) is 0.635. The number of carbonyl (C=O) groups excluding carboxylic acids is 2. The van der Waals surface area contributed by atoms with Crippen molar-refractivity contribution in [3.63, 3.8) is 0 Å². The highest BCUT2D eigenvalue weighted by molar-refractivity contribution is 5.96. The number of nitrogens with zero attached hydrogens (tertiary/aromatic N) is 5. The molecule has 0 unspecified atom stereocenters. The second-order valence-corrected chi connectivity index (χ2v) is 8.55. The molecule has 1 fully saturated rings. The van der Waals surface area contributed by atoms with E-state index in [-0.39, 0.29) is 24.4 Å². The highest BCUT2D eigenvalue weighted by atomic mass is 16.5. The van der Waals surface area contributed by atoms with Gasteiger partial charge in [0.15, 0.2) is 0 Å². The van der Waals surface area contributed by atoms with E-state index in [9.17, 15) is 9.59 Å². The first-order valence-electron chi connectivity index (χ1n) is 10.9. The van der Waals surface area contributed by atoms with E-state index in [4.69, 9.17) is 9.26 Å². The summed E-state index contributed by atoms with van der Waals surface area (Å²) in [7, 11) is 1.86. The van der Waals surface area contributed by atoms with Gasteiger partial charge in [-0.25, -0.2) is 0 Å². The van der Waals surface area contributed by atoms with Crippen LogP contribution in [0.4, 0.5) is 5.69 Å². The van der Waals surface area contributed by atoms with Crippen molar-refractivity contribution in [1.29, 1.82) is 0 Å². The van der Waals surface area contributed by atoms with Gasteiger partial charge in [-0.3, -0.25) is 19.2 Å². The molecular formula is C23H26N6O4. The number of carbonyl (C=O) groups is 2. The van der Waals surface area contributed by atoms with E-state index in [0.717, 1.165) is 11.1 Å². The number of fused-ring (bicyclic) bond motifs is 2. The summed E-state index contributed by atoms with van der Waals surface area (Å²) >= 11 is 0. The van der Waals surface area contributed by atoms with Crippen molar-refractivity contribution in [2.75, 3.05) is 38.1 Å². The lowest BCUT2D eigenvalue weighted by Crippen LogP contribution is -2.58. The van der Waals surface area contributed by atoms with Crippen LogP contribution in [-0.4, -0.2) is 75.4 Å². The smallest absolute Gasteiger partial charge is 0.259 e. The van der Waals surface area contributed by atoms with Crippen molar-refractivity contribution in [3.05, 3.63) is 47.6 Å². The van der Waals surface area contributed by atoms with Crippen molar-refractivity contribution < 1.29 is 18.8 Å². The van der Waals surface area contributed by atoms with Crippen molar-refractivity contribution in [3.8, 4) is 16.9 Å². The largest absolute Gasteiger partial charge is 0.490 e. The number of hydrogen-bond acceptors (Lipinski definition) is 7. The molecule has 10 nitrogen and oxygen atoms in total. The molecule has 2 amide bonds. The third kappa shape index (κ3) is 4.09. The predicted molar refractivity (Wildman–Crippen MR) is 120 cm³/mol. The van der Waals surface area contributed by atoms with E-state index in [1.807, 2.05) is 31.4 Å². The first-order chi connectivity index (χ1) is 15.9. The van der Waals surface area contributed by atoms with Gasteiger partial charge in [0.25, 0.3) is 5.91 Å². The highest BCUT2D eigenvalue weighted by Gasteiger charge is 2.34. The Morgan fingerprint density at radius 3 is 2.79 bits per heavy atom. The maximum atomic E-state index is 13.1. The maximum absolute atomic E-state index is 13.1. The second kappa shape index (κ2) is 8.36. The van der Waals surface area contributed by atoms with Gasteiger partial charge < -0.3 is 19.5 Å². The van der Waals surface area contributed by atoms with Gasteiger partial charge >= 0.3 is 0 Å². The minimum atomic E-state index is -0.113. The summed E-state index contributed by atoms with van der Waals surface area (Å²) in [6.45, 7) is 5.66. The molecule has 2 aliphatic rings. The molecule has 1 saturated heterocycles. The number of benzene rings is 1. The summed E-state index contributed by atoms with van der Waals surface area (Å²) in [6, 6.07) is 5.61. The van der Waals surface area contributed by atoms with Crippen LogP contribution in [0.3, 0.4) is 0 Å². The molecule has 1 aromatic carbocycles. The Morgan fingerprint density at radius 2 is 2.06 bits per heavy atom. The molecule has 10 heteroatoms. The van der Waals surface area contributed by atoms with Gasteiger partial charge in [-0.05, 0) is 31.5 Å². The fraction of sp³-hybridized carbons (Fsp3) is 0.391. The normalized spacial score (nSPS) is 18.9. The van der Waals surface area contributed by atoms with Crippen molar-refractivity contribution in [1.82, 2.24) is 24.7 Å². The minimum absolute atomic E-state index is 0.100.